The van der Waals surface area contributed by atoms with Crippen LogP contribution in [0.15, 0.2) is 4.34 Å². The Morgan fingerprint density at radius 1 is 1.21 bits per heavy atom. The number of hydrogen-bond acceptors (Lipinski definition) is 9. The summed E-state index contributed by atoms with van der Waals surface area (Å²) in [4.78, 5) is 26.3. The standard InChI is InChI=1S/C17H26N4O5S3/c1-2-26-16(23)18-15-19-20-17(28-15)27-10-14(22)21(12-6-4-3-5-7-12)13-8-9-29(24,25)11-13/h12-13H,2-11H2,1H3,(H,18,19,23). The van der Waals surface area contributed by atoms with Gasteiger partial charge in [-0.15, -0.1) is 10.2 Å². The third-order valence-electron chi connectivity index (χ3n) is 5.07. The van der Waals surface area contributed by atoms with Gasteiger partial charge in [0.25, 0.3) is 0 Å². The highest BCUT2D eigenvalue weighted by Gasteiger charge is 2.38. The molecule has 1 aliphatic heterocycles. The van der Waals surface area contributed by atoms with Gasteiger partial charge < -0.3 is 9.64 Å². The molecule has 1 aromatic heterocycles. The third kappa shape index (κ3) is 6.29. The number of nitrogens with zero attached hydrogens (tertiary/aromatic N) is 3. The zero-order valence-electron chi connectivity index (χ0n) is 16.3. The van der Waals surface area contributed by atoms with Gasteiger partial charge in [0, 0.05) is 12.1 Å². The van der Waals surface area contributed by atoms with E-state index in [4.69, 9.17) is 4.74 Å². The highest BCUT2D eigenvalue weighted by Crippen LogP contribution is 2.31. The molecule has 0 bridgehead atoms. The molecule has 1 aromatic rings. The van der Waals surface area contributed by atoms with Crippen molar-refractivity contribution in [1.29, 1.82) is 0 Å². The number of hydrogen-bond donors (Lipinski definition) is 1. The van der Waals surface area contributed by atoms with Gasteiger partial charge >= 0.3 is 6.09 Å². The van der Waals surface area contributed by atoms with Crippen LogP contribution in [-0.2, 0) is 19.4 Å². The second-order valence-corrected chi connectivity index (χ2v) is 11.6. The SMILES string of the molecule is CCOC(=O)Nc1nnc(SCC(=O)N(C2CCCCC2)C2CCS(=O)(=O)C2)s1. The van der Waals surface area contributed by atoms with Crippen LogP contribution < -0.4 is 5.32 Å². The monoisotopic (exact) mass is 462 g/mol. The van der Waals surface area contributed by atoms with E-state index in [1.807, 2.05) is 4.90 Å². The fraction of sp³-hybridized carbons (Fsp3) is 0.765. The molecule has 2 fully saturated rings. The first kappa shape index (κ1) is 22.3. The number of rotatable bonds is 7. The van der Waals surface area contributed by atoms with Gasteiger partial charge in [-0.25, -0.2) is 13.2 Å². The molecular weight excluding hydrogens is 436 g/mol. The van der Waals surface area contributed by atoms with E-state index in [-0.39, 0.29) is 41.9 Å². The summed E-state index contributed by atoms with van der Waals surface area (Å²) in [6, 6.07) is -0.114. The van der Waals surface area contributed by atoms with Gasteiger partial charge in [-0.1, -0.05) is 42.4 Å². The van der Waals surface area contributed by atoms with Crippen molar-refractivity contribution in [2.45, 2.75) is 61.9 Å². The first-order chi connectivity index (χ1) is 13.9. The van der Waals surface area contributed by atoms with E-state index in [1.54, 1.807) is 6.92 Å². The van der Waals surface area contributed by atoms with Crippen molar-refractivity contribution >= 4 is 50.1 Å². The van der Waals surface area contributed by atoms with Crippen LogP contribution in [0.1, 0.15) is 45.4 Å². The number of carbonyl (C=O) groups excluding carboxylic acids is 2. The summed E-state index contributed by atoms with van der Waals surface area (Å²) in [6.45, 7) is 1.97. The Kier molecular flexibility index (Phi) is 7.74. The molecule has 9 nitrogen and oxygen atoms in total. The third-order valence-corrected chi connectivity index (χ3v) is 8.77. The predicted molar refractivity (Wildman–Crippen MR) is 112 cm³/mol. The lowest BCUT2D eigenvalue weighted by atomic mass is 9.93. The summed E-state index contributed by atoms with van der Waals surface area (Å²) >= 11 is 2.42. The zero-order valence-corrected chi connectivity index (χ0v) is 18.8. The summed E-state index contributed by atoms with van der Waals surface area (Å²) in [5.74, 6) is 0.327. The van der Waals surface area contributed by atoms with Crippen LogP contribution in [-0.4, -0.2) is 71.5 Å². The molecule has 3 rings (SSSR count). The van der Waals surface area contributed by atoms with E-state index in [0.717, 1.165) is 32.1 Å². The topological polar surface area (TPSA) is 119 Å². The highest BCUT2D eigenvalue weighted by atomic mass is 32.2. The molecule has 29 heavy (non-hydrogen) atoms. The Morgan fingerprint density at radius 3 is 2.62 bits per heavy atom. The van der Waals surface area contributed by atoms with E-state index >= 15 is 0 Å². The molecule has 2 aliphatic rings. The molecule has 1 N–H and O–H groups in total. The molecule has 1 atom stereocenters. The number of aromatic nitrogens is 2. The number of ether oxygens (including phenoxy) is 1. The van der Waals surface area contributed by atoms with Crippen molar-refractivity contribution in [3.63, 3.8) is 0 Å². The van der Waals surface area contributed by atoms with Gasteiger partial charge in [-0.3, -0.25) is 10.1 Å². The van der Waals surface area contributed by atoms with Crippen molar-refractivity contribution in [2.24, 2.45) is 0 Å². The Balaban J connectivity index is 1.61. The number of carbonyl (C=O) groups is 2. The second-order valence-electron chi connectivity index (χ2n) is 7.16. The first-order valence-electron chi connectivity index (χ1n) is 9.79. The smallest absolute Gasteiger partial charge is 0.413 e. The zero-order chi connectivity index (χ0) is 20.9. The highest BCUT2D eigenvalue weighted by molar-refractivity contribution is 8.01. The minimum absolute atomic E-state index is 0.0564. The molecule has 162 valence electrons. The minimum Gasteiger partial charge on any atom is -0.450 e. The average molecular weight is 463 g/mol. The van der Waals surface area contributed by atoms with Crippen LogP contribution in [0.3, 0.4) is 0 Å². The fourth-order valence-electron chi connectivity index (χ4n) is 3.83. The summed E-state index contributed by atoms with van der Waals surface area (Å²) in [6.07, 6.45) is 5.08. The summed E-state index contributed by atoms with van der Waals surface area (Å²) in [5.41, 5.74) is 0. The van der Waals surface area contributed by atoms with Gasteiger partial charge in [0.05, 0.1) is 23.9 Å². The van der Waals surface area contributed by atoms with Crippen molar-refractivity contribution in [3.8, 4) is 0 Å². The largest absolute Gasteiger partial charge is 0.450 e. The van der Waals surface area contributed by atoms with Gasteiger partial charge in [-0.2, -0.15) is 0 Å². The molecule has 1 saturated carbocycles. The lowest BCUT2D eigenvalue weighted by Crippen LogP contribution is -2.49. The Labute approximate surface area is 178 Å². The summed E-state index contributed by atoms with van der Waals surface area (Å²) in [7, 11) is -3.07. The molecule has 0 radical (unpaired) electrons. The Bertz CT molecular complexity index is 823. The number of thioether (sulfide) groups is 1. The van der Waals surface area contributed by atoms with Gasteiger partial charge in [-0.05, 0) is 26.2 Å². The number of amides is 2. The van der Waals surface area contributed by atoms with Crippen molar-refractivity contribution in [2.75, 3.05) is 29.2 Å². The van der Waals surface area contributed by atoms with Crippen LogP contribution in [0.25, 0.3) is 0 Å². The predicted octanol–water partition coefficient (Wildman–Crippen LogP) is 2.55. The van der Waals surface area contributed by atoms with Crippen LogP contribution in [0.2, 0.25) is 0 Å². The quantitative estimate of drug-likeness (QED) is 0.485. The van der Waals surface area contributed by atoms with E-state index < -0.39 is 15.9 Å². The lowest BCUT2D eigenvalue weighted by molar-refractivity contribution is -0.133. The number of sulfone groups is 1. The number of nitrogens with one attached hydrogen (secondary N) is 1. The molecule has 2 heterocycles. The van der Waals surface area contributed by atoms with E-state index in [9.17, 15) is 18.0 Å². The Morgan fingerprint density at radius 2 is 1.97 bits per heavy atom. The summed E-state index contributed by atoms with van der Waals surface area (Å²) < 4.78 is 29.3. The van der Waals surface area contributed by atoms with E-state index in [1.165, 1.54) is 23.1 Å². The van der Waals surface area contributed by atoms with Crippen molar-refractivity contribution in [1.82, 2.24) is 15.1 Å². The van der Waals surface area contributed by atoms with Crippen LogP contribution in [0.4, 0.5) is 9.93 Å². The van der Waals surface area contributed by atoms with E-state index in [0.29, 0.717) is 15.9 Å². The molecule has 1 aliphatic carbocycles. The lowest BCUT2D eigenvalue weighted by Gasteiger charge is -2.38. The molecule has 1 unspecified atom stereocenters. The molecule has 2 amide bonds. The Hall–Kier alpha value is -1.40. The molecule has 1 saturated heterocycles. The summed E-state index contributed by atoms with van der Waals surface area (Å²) in [5, 5.41) is 10.7. The molecule has 0 aromatic carbocycles. The maximum absolute atomic E-state index is 13.1. The average Bonchev–Trinajstić information content (AvgIpc) is 3.27. The van der Waals surface area contributed by atoms with Crippen LogP contribution in [0.5, 0.6) is 0 Å². The van der Waals surface area contributed by atoms with Gasteiger partial charge in [0.15, 0.2) is 14.2 Å². The maximum Gasteiger partial charge on any atom is 0.413 e. The van der Waals surface area contributed by atoms with Gasteiger partial charge in [0.2, 0.25) is 11.0 Å². The minimum atomic E-state index is -3.07. The van der Waals surface area contributed by atoms with Gasteiger partial charge in [0.1, 0.15) is 0 Å². The number of anilines is 1. The molecule has 12 heteroatoms. The van der Waals surface area contributed by atoms with Crippen molar-refractivity contribution < 1.29 is 22.7 Å². The van der Waals surface area contributed by atoms with Crippen LogP contribution in [0, 0.1) is 0 Å². The fourth-order valence-corrected chi connectivity index (χ4v) is 7.15. The van der Waals surface area contributed by atoms with Crippen LogP contribution >= 0.6 is 23.1 Å². The first-order valence-corrected chi connectivity index (χ1v) is 13.4. The van der Waals surface area contributed by atoms with Crippen molar-refractivity contribution in [3.05, 3.63) is 0 Å². The molecule has 0 spiro atoms. The maximum atomic E-state index is 13.1. The van der Waals surface area contributed by atoms with E-state index in [2.05, 4.69) is 15.5 Å². The normalized spacial score (nSPS) is 21.6. The molecular formula is C17H26N4O5S3. The second kappa shape index (κ2) is 10.1.